The maximum atomic E-state index is 12.6. The normalized spacial score (nSPS) is 11.3. The first-order chi connectivity index (χ1) is 10.7. The number of methoxy groups -OCH3 is 1. The quantitative estimate of drug-likeness (QED) is 0.818. The Bertz CT molecular complexity index is 863. The van der Waals surface area contributed by atoms with E-state index in [-0.39, 0.29) is 27.1 Å². The second-order valence-corrected chi connectivity index (χ2v) is 7.37. The van der Waals surface area contributed by atoms with Crippen LogP contribution < -0.4 is 9.46 Å². The molecule has 0 amide bonds. The molecule has 0 saturated carbocycles. The molecule has 0 unspecified atom stereocenters. The first kappa shape index (κ1) is 17.4. The lowest BCUT2D eigenvalue weighted by atomic mass is 10.1. The summed E-state index contributed by atoms with van der Waals surface area (Å²) >= 11 is 5.89. The highest BCUT2D eigenvalue weighted by molar-refractivity contribution is 7.92. The molecular weight excluding hydrogens is 338 g/mol. The molecule has 0 aliphatic carbocycles. The molecule has 0 aromatic heterocycles. The van der Waals surface area contributed by atoms with Crippen molar-refractivity contribution in [2.24, 2.45) is 0 Å². The van der Waals surface area contributed by atoms with Crippen LogP contribution in [0.1, 0.15) is 16.7 Å². The van der Waals surface area contributed by atoms with Crippen LogP contribution in [0, 0.1) is 20.8 Å². The van der Waals surface area contributed by atoms with E-state index in [1.165, 1.54) is 19.2 Å². The third-order valence-corrected chi connectivity index (χ3v) is 5.39. The first-order valence-electron chi connectivity index (χ1n) is 6.83. The number of phenols is 1. The SMILES string of the molecule is COc1cc(NS(=O)(=O)c2cc(C)c(C)cc2C)cc(Cl)c1O. The van der Waals surface area contributed by atoms with Gasteiger partial charge in [0.05, 0.1) is 22.7 Å². The number of sulfonamides is 1. The Labute approximate surface area is 140 Å². The standard InChI is InChI=1S/C16H18ClNO4S/c1-9-5-11(3)15(6-10(9)2)23(20,21)18-12-7-13(17)16(19)14(8-12)22-4/h5-8,18-19H,1-4H3. The van der Waals surface area contributed by atoms with E-state index in [0.29, 0.717) is 5.56 Å². The summed E-state index contributed by atoms with van der Waals surface area (Å²) in [5.74, 6) is -0.147. The Balaban J connectivity index is 2.47. The van der Waals surface area contributed by atoms with Crippen LogP contribution in [0.15, 0.2) is 29.2 Å². The molecule has 0 heterocycles. The Hall–Kier alpha value is -1.92. The van der Waals surface area contributed by atoms with Gasteiger partial charge in [-0.15, -0.1) is 0 Å². The van der Waals surface area contributed by atoms with Crippen molar-refractivity contribution in [2.45, 2.75) is 25.7 Å². The number of nitrogens with one attached hydrogen (secondary N) is 1. The number of rotatable bonds is 4. The van der Waals surface area contributed by atoms with E-state index < -0.39 is 10.0 Å². The van der Waals surface area contributed by atoms with Crippen LogP contribution in [-0.2, 0) is 10.0 Å². The van der Waals surface area contributed by atoms with Gasteiger partial charge in [0.15, 0.2) is 11.5 Å². The number of aromatic hydroxyl groups is 1. The minimum atomic E-state index is -3.78. The van der Waals surface area contributed by atoms with Gasteiger partial charge >= 0.3 is 0 Å². The number of ether oxygens (including phenoxy) is 1. The van der Waals surface area contributed by atoms with Crippen LogP contribution in [0.2, 0.25) is 5.02 Å². The van der Waals surface area contributed by atoms with Crippen molar-refractivity contribution in [3.8, 4) is 11.5 Å². The highest BCUT2D eigenvalue weighted by Crippen LogP contribution is 2.37. The van der Waals surface area contributed by atoms with Crippen LogP contribution in [-0.4, -0.2) is 20.6 Å². The van der Waals surface area contributed by atoms with Gasteiger partial charge in [-0.1, -0.05) is 17.7 Å². The van der Waals surface area contributed by atoms with Crippen LogP contribution >= 0.6 is 11.6 Å². The summed E-state index contributed by atoms with van der Waals surface area (Å²) < 4.78 is 32.7. The summed E-state index contributed by atoms with van der Waals surface area (Å²) in [5, 5.41) is 9.71. The molecule has 0 aliphatic rings. The molecule has 5 nitrogen and oxygen atoms in total. The molecule has 2 N–H and O–H groups in total. The van der Waals surface area contributed by atoms with Crippen molar-refractivity contribution in [3.05, 3.63) is 46.0 Å². The van der Waals surface area contributed by atoms with Crippen molar-refractivity contribution in [3.63, 3.8) is 0 Å². The van der Waals surface area contributed by atoms with Gasteiger partial charge in [-0.2, -0.15) is 0 Å². The molecular formula is C16H18ClNO4S. The van der Waals surface area contributed by atoms with Gasteiger partial charge in [0.1, 0.15) is 0 Å². The van der Waals surface area contributed by atoms with E-state index >= 15 is 0 Å². The summed E-state index contributed by atoms with van der Waals surface area (Å²) in [5.41, 5.74) is 2.77. The minimum Gasteiger partial charge on any atom is -0.503 e. The second-order valence-electron chi connectivity index (χ2n) is 5.32. The van der Waals surface area contributed by atoms with Gasteiger partial charge < -0.3 is 9.84 Å². The zero-order valence-corrected chi connectivity index (χ0v) is 14.8. The number of benzene rings is 2. The Morgan fingerprint density at radius 1 is 1.04 bits per heavy atom. The molecule has 0 radical (unpaired) electrons. The Morgan fingerprint density at radius 3 is 2.26 bits per heavy atom. The molecule has 0 atom stereocenters. The average Bonchev–Trinajstić information content (AvgIpc) is 2.45. The average molecular weight is 356 g/mol. The predicted molar refractivity (Wildman–Crippen MR) is 91.1 cm³/mol. The van der Waals surface area contributed by atoms with E-state index in [9.17, 15) is 13.5 Å². The fraction of sp³-hybridized carbons (Fsp3) is 0.250. The zero-order valence-electron chi connectivity index (χ0n) is 13.3. The number of phenolic OH excluding ortho intramolecular Hbond substituents is 1. The topological polar surface area (TPSA) is 75.6 Å². The number of hydrogen-bond acceptors (Lipinski definition) is 4. The van der Waals surface area contributed by atoms with E-state index in [2.05, 4.69) is 4.72 Å². The number of halogens is 1. The lowest BCUT2D eigenvalue weighted by Gasteiger charge is -2.14. The summed E-state index contributed by atoms with van der Waals surface area (Å²) in [6.45, 7) is 5.52. The van der Waals surface area contributed by atoms with Gasteiger partial charge in [-0.25, -0.2) is 8.42 Å². The number of hydrogen-bond donors (Lipinski definition) is 2. The second kappa shape index (κ2) is 6.29. The fourth-order valence-electron chi connectivity index (χ4n) is 2.22. The minimum absolute atomic E-state index is 0.00106. The molecule has 0 fully saturated rings. The molecule has 2 aromatic rings. The highest BCUT2D eigenvalue weighted by Gasteiger charge is 2.19. The molecule has 0 saturated heterocycles. The molecule has 0 aliphatic heterocycles. The largest absolute Gasteiger partial charge is 0.503 e. The van der Waals surface area contributed by atoms with Gasteiger partial charge in [0.25, 0.3) is 10.0 Å². The van der Waals surface area contributed by atoms with Crippen LogP contribution in [0.5, 0.6) is 11.5 Å². The van der Waals surface area contributed by atoms with Gasteiger partial charge in [0.2, 0.25) is 0 Å². The maximum absolute atomic E-state index is 12.6. The molecule has 7 heteroatoms. The van der Waals surface area contributed by atoms with Gasteiger partial charge in [0, 0.05) is 6.07 Å². The van der Waals surface area contributed by atoms with E-state index in [4.69, 9.17) is 16.3 Å². The lowest BCUT2D eigenvalue weighted by Crippen LogP contribution is -2.15. The molecule has 124 valence electrons. The summed E-state index contributed by atoms with van der Waals surface area (Å²) in [7, 11) is -2.43. The smallest absolute Gasteiger partial charge is 0.262 e. The van der Waals surface area contributed by atoms with Crippen LogP contribution in [0.25, 0.3) is 0 Å². The fourth-order valence-corrected chi connectivity index (χ4v) is 3.79. The summed E-state index contributed by atoms with van der Waals surface area (Å²) in [4.78, 5) is 0.198. The number of anilines is 1. The zero-order chi connectivity index (χ0) is 17.4. The Kier molecular flexibility index (Phi) is 4.77. The maximum Gasteiger partial charge on any atom is 0.262 e. The van der Waals surface area contributed by atoms with Gasteiger partial charge in [-0.3, -0.25) is 4.72 Å². The third-order valence-electron chi connectivity index (χ3n) is 3.58. The van der Waals surface area contributed by atoms with Crippen molar-refractivity contribution in [2.75, 3.05) is 11.8 Å². The first-order valence-corrected chi connectivity index (χ1v) is 8.69. The van der Waals surface area contributed by atoms with Gasteiger partial charge in [-0.05, 0) is 49.6 Å². The van der Waals surface area contributed by atoms with E-state index in [1.807, 2.05) is 19.9 Å². The van der Waals surface area contributed by atoms with Crippen molar-refractivity contribution in [1.82, 2.24) is 0 Å². The summed E-state index contributed by atoms with van der Waals surface area (Å²) in [6.07, 6.45) is 0. The molecule has 23 heavy (non-hydrogen) atoms. The highest BCUT2D eigenvalue weighted by atomic mass is 35.5. The molecule has 0 bridgehead atoms. The van der Waals surface area contributed by atoms with Crippen LogP contribution in [0.4, 0.5) is 5.69 Å². The van der Waals surface area contributed by atoms with Crippen molar-refractivity contribution < 1.29 is 18.3 Å². The lowest BCUT2D eigenvalue weighted by molar-refractivity contribution is 0.374. The van der Waals surface area contributed by atoms with Crippen LogP contribution in [0.3, 0.4) is 0 Å². The third kappa shape index (κ3) is 3.54. The molecule has 2 aromatic carbocycles. The Morgan fingerprint density at radius 2 is 1.65 bits per heavy atom. The van der Waals surface area contributed by atoms with Crippen molar-refractivity contribution >= 4 is 27.3 Å². The summed E-state index contributed by atoms with van der Waals surface area (Å²) in [6, 6.07) is 6.16. The van der Waals surface area contributed by atoms with Crippen molar-refractivity contribution in [1.29, 1.82) is 0 Å². The number of aryl methyl sites for hydroxylation is 3. The van der Waals surface area contributed by atoms with E-state index in [0.717, 1.165) is 11.1 Å². The monoisotopic (exact) mass is 355 g/mol. The molecule has 2 rings (SSSR count). The van der Waals surface area contributed by atoms with E-state index in [1.54, 1.807) is 13.0 Å². The molecule has 0 spiro atoms. The predicted octanol–water partition coefficient (Wildman–Crippen LogP) is 3.78.